The van der Waals surface area contributed by atoms with Crippen LogP contribution in [0.3, 0.4) is 0 Å². The molecule has 0 bridgehead atoms. The quantitative estimate of drug-likeness (QED) is 0.834. The lowest BCUT2D eigenvalue weighted by Crippen LogP contribution is -2.28. The zero-order valence-electron chi connectivity index (χ0n) is 11.4. The summed E-state index contributed by atoms with van der Waals surface area (Å²) in [5.41, 5.74) is 1.58. The van der Waals surface area contributed by atoms with Gasteiger partial charge < -0.3 is 0 Å². The van der Waals surface area contributed by atoms with E-state index in [-0.39, 0.29) is 5.91 Å². The maximum absolute atomic E-state index is 12.1. The Morgan fingerprint density at radius 2 is 2.05 bits per heavy atom. The van der Waals surface area contributed by atoms with Gasteiger partial charge in [-0.2, -0.15) is 0 Å². The molecule has 0 atom stereocenters. The Balaban J connectivity index is 1.88. The van der Waals surface area contributed by atoms with Crippen LogP contribution in [0, 0.1) is 0 Å². The minimum atomic E-state index is 0.0285. The molecule has 1 saturated heterocycles. The summed E-state index contributed by atoms with van der Waals surface area (Å²) in [6, 6.07) is 8.85. The first-order valence-corrected chi connectivity index (χ1v) is 8.23. The van der Waals surface area contributed by atoms with Crippen LogP contribution in [0.1, 0.15) is 5.56 Å². The fourth-order valence-corrected chi connectivity index (χ4v) is 3.44. The molecule has 22 heavy (non-hydrogen) atoms. The molecular weight excluding hydrogens is 341 g/mol. The fourth-order valence-electron chi connectivity index (χ4n) is 2.03. The Labute approximate surface area is 142 Å². The van der Waals surface area contributed by atoms with Crippen molar-refractivity contribution in [2.75, 3.05) is 5.75 Å². The lowest BCUT2D eigenvalue weighted by atomic mass is 10.3. The highest BCUT2D eigenvalue weighted by Crippen LogP contribution is 2.29. The standard InChI is InChI=1S/C15H11Cl2N3OS/c16-11-4-12(17)6-13(5-11)19-15-20(14(21)9-22-15)8-10-2-1-3-18-7-10/h1-7H,8-9H2. The Bertz CT molecular complexity index is 717. The van der Waals surface area contributed by atoms with E-state index < -0.39 is 0 Å². The van der Waals surface area contributed by atoms with E-state index in [0.29, 0.717) is 33.2 Å². The number of hydrogen-bond donors (Lipinski definition) is 0. The van der Waals surface area contributed by atoms with Crippen LogP contribution in [0.4, 0.5) is 5.69 Å². The van der Waals surface area contributed by atoms with Crippen molar-refractivity contribution >= 4 is 51.7 Å². The third kappa shape index (κ3) is 3.61. The van der Waals surface area contributed by atoms with E-state index in [2.05, 4.69) is 9.98 Å². The van der Waals surface area contributed by atoms with Gasteiger partial charge in [-0.05, 0) is 29.8 Å². The van der Waals surface area contributed by atoms with E-state index in [9.17, 15) is 4.79 Å². The molecule has 2 heterocycles. The summed E-state index contributed by atoms with van der Waals surface area (Å²) in [4.78, 5) is 22.3. The van der Waals surface area contributed by atoms with Crippen LogP contribution in [-0.4, -0.2) is 26.7 Å². The normalized spacial score (nSPS) is 16.5. The second-order valence-corrected chi connectivity index (χ2v) is 6.47. The summed E-state index contributed by atoms with van der Waals surface area (Å²) in [5.74, 6) is 0.411. The molecule has 7 heteroatoms. The molecule has 112 valence electrons. The zero-order valence-corrected chi connectivity index (χ0v) is 13.7. The Hall–Kier alpha value is -1.56. The van der Waals surface area contributed by atoms with Crippen LogP contribution < -0.4 is 0 Å². The van der Waals surface area contributed by atoms with Crippen molar-refractivity contribution in [2.45, 2.75) is 6.54 Å². The molecule has 2 aromatic rings. The number of amidine groups is 1. The lowest BCUT2D eigenvalue weighted by molar-refractivity contribution is -0.124. The van der Waals surface area contributed by atoms with Gasteiger partial charge >= 0.3 is 0 Å². The Morgan fingerprint density at radius 3 is 2.73 bits per heavy atom. The van der Waals surface area contributed by atoms with Crippen LogP contribution in [0.25, 0.3) is 0 Å². The number of nitrogens with zero attached hydrogens (tertiary/aromatic N) is 3. The molecule has 0 aliphatic carbocycles. The topological polar surface area (TPSA) is 45.6 Å². The van der Waals surface area contributed by atoms with Crippen LogP contribution in [0.5, 0.6) is 0 Å². The number of hydrogen-bond acceptors (Lipinski definition) is 4. The smallest absolute Gasteiger partial charge is 0.239 e. The predicted octanol–water partition coefficient (Wildman–Crippen LogP) is 4.15. The minimum Gasteiger partial charge on any atom is -0.286 e. The summed E-state index contributed by atoms with van der Waals surface area (Å²) in [5, 5.41) is 1.67. The van der Waals surface area contributed by atoms with Gasteiger partial charge in [-0.25, -0.2) is 4.99 Å². The van der Waals surface area contributed by atoms with E-state index in [0.717, 1.165) is 5.56 Å². The number of carbonyl (C=O) groups excluding carboxylic acids is 1. The Morgan fingerprint density at radius 1 is 1.27 bits per heavy atom. The third-order valence-corrected chi connectivity index (χ3v) is 4.39. The molecule has 0 radical (unpaired) electrons. The monoisotopic (exact) mass is 351 g/mol. The second-order valence-electron chi connectivity index (χ2n) is 4.65. The van der Waals surface area contributed by atoms with Crippen LogP contribution in [0.2, 0.25) is 10.0 Å². The zero-order chi connectivity index (χ0) is 15.5. The molecule has 1 fully saturated rings. The van der Waals surface area contributed by atoms with E-state index in [1.165, 1.54) is 11.8 Å². The molecule has 0 N–H and O–H groups in total. The van der Waals surface area contributed by atoms with Crippen molar-refractivity contribution < 1.29 is 4.79 Å². The average molecular weight is 352 g/mol. The third-order valence-electron chi connectivity index (χ3n) is 2.99. The van der Waals surface area contributed by atoms with Crippen LogP contribution in [-0.2, 0) is 11.3 Å². The van der Waals surface area contributed by atoms with Crippen LogP contribution >= 0.6 is 35.0 Å². The number of thioether (sulfide) groups is 1. The molecule has 1 aliphatic rings. The first-order valence-electron chi connectivity index (χ1n) is 6.49. The van der Waals surface area contributed by atoms with Gasteiger partial charge in [0.2, 0.25) is 5.91 Å². The van der Waals surface area contributed by atoms with Crippen molar-refractivity contribution in [3.63, 3.8) is 0 Å². The fraction of sp³-hybridized carbons (Fsp3) is 0.133. The van der Waals surface area contributed by atoms with Crippen molar-refractivity contribution in [2.24, 2.45) is 4.99 Å². The number of pyridine rings is 1. The summed E-state index contributed by atoms with van der Waals surface area (Å²) in [6.45, 7) is 0.451. The van der Waals surface area contributed by atoms with E-state index >= 15 is 0 Å². The highest BCUT2D eigenvalue weighted by Gasteiger charge is 2.28. The number of amides is 1. The minimum absolute atomic E-state index is 0.0285. The summed E-state index contributed by atoms with van der Waals surface area (Å²) in [7, 11) is 0. The van der Waals surface area contributed by atoms with Gasteiger partial charge in [-0.15, -0.1) is 0 Å². The number of halogens is 2. The highest BCUT2D eigenvalue weighted by molar-refractivity contribution is 8.15. The van der Waals surface area contributed by atoms with Crippen molar-refractivity contribution in [1.82, 2.24) is 9.88 Å². The molecule has 3 rings (SSSR count). The summed E-state index contributed by atoms with van der Waals surface area (Å²) < 4.78 is 0. The highest BCUT2D eigenvalue weighted by atomic mass is 35.5. The molecule has 0 saturated carbocycles. The van der Waals surface area contributed by atoms with Gasteiger partial charge in [0, 0.05) is 22.4 Å². The maximum Gasteiger partial charge on any atom is 0.239 e. The number of aromatic nitrogens is 1. The van der Waals surface area contributed by atoms with Gasteiger partial charge in [0.1, 0.15) is 0 Å². The van der Waals surface area contributed by atoms with Gasteiger partial charge in [-0.1, -0.05) is 41.0 Å². The SMILES string of the molecule is O=C1CSC(=Nc2cc(Cl)cc(Cl)c2)N1Cc1cccnc1. The first kappa shape index (κ1) is 15.3. The van der Waals surface area contributed by atoms with Gasteiger partial charge in [0.05, 0.1) is 18.0 Å². The van der Waals surface area contributed by atoms with Gasteiger partial charge in [0.15, 0.2) is 5.17 Å². The molecule has 1 aromatic heterocycles. The molecule has 1 aliphatic heterocycles. The van der Waals surface area contributed by atoms with E-state index in [1.54, 1.807) is 35.5 Å². The van der Waals surface area contributed by atoms with Gasteiger partial charge in [-0.3, -0.25) is 14.7 Å². The molecule has 0 unspecified atom stereocenters. The predicted molar refractivity (Wildman–Crippen MR) is 90.8 cm³/mol. The Kier molecular flexibility index (Phi) is 4.66. The number of aliphatic imine (C=N–C) groups is 1. The van der Waals surface area contributed by atoms with Gasteiger partial charge in [0.25, 0.3) is 0 Å². The molecular formula is C15H11Cl2N3OS. The molecule has 1 amide bonds. The lowest BCUT2D eigenvalue weighted by Gasteiger charge is -2.15. The molecule has 4 nitrogen and oxygen atoms in total. The largest absolute Gasteiger partial charge is 0.286 e. The maximum atomic E-state index is 12.1. The first-order chi connectivity index (χ1) is 10.6. The average Bonchev–Trinajstić information content (AvgIpc) is 2.80. The van der Waals surface area contributed by atoms with Crippen molar-refractivity contribution in [3.05, 3.63) is 58.3 Å². The molecule has 1 aromatic carbocycles. The molecule has 0 spiro atoms. The summed E-state index contributed by atoms with van der Waals surface area (Å²) >= 11 is 13.4. The summed E-state index contributed by atoms with van der Waals surface area (Å²) in [6.07, 6.45) is 3.44. The van der Waals surface area contributed by atoms with E-state index in [4.69, 9.17) is 23.2 Å². The second kappa shape index (κ2) is 6.69. The van der Waals surface area contributed by atoms with E-state index in [1.807, 2.05) is 12.1 Å². The number of rotatable bonds is 3. The van der Waals surface area contributed by atoms with Crippen LogP contribution in [0.15, 0.2) is 47.7 Å². The van der Waals surface area contributed by atoms with Crippen molar-refractivity contribution in [1.29, 1.82) is 0 Å². The number of carbonyl (C=O) groups is 1. The number of benzene rings is 1. The van der Waals surface area contributed by atoms with Crippen molar-refractivity contribution in [3.8, 4) is 0 Å².